The number of carbonyl (C=O) groups is 1. The molecule has 9 nitrogen and oxygen atoms in total. The van der Waals surface area contributed by atoms with E-state index in [9.17, 15) is 13.2 Å². The van der Waals surface area contributed by atoms with Gasteiger partial charge in [0.2, 0.25) is 11.8 Å². The smallest absolute Gasteiger partial charge is 0.264 e. The summed E-state index contributed by atoms with van der Waals surface area (Å²) in [4.78, 5) is 25.9. The summed E-state index contributed by atoms with van der Waals surface area (Å²) in [6.45, 7) is 5.95. The van der Waals surface area contributed by atoms with Gasteiger partial charge in [0.05, 0.1) is 16.6 Å². The second kappa shape index (κ2) is 8.94. The van der Waals surface area contributed by atoms with Gasteiger partial charge in [0.25, 0.3) is 15.9 Å². The van der Waals surface area contributed by atoms with Gasteiger partial charge in [-0.1, -0.05) is 24.3 Å². The molecule has 0 spiro atoms. The Balaban J connectivity index is 1.65. The van der Waals surface area contributed by atoms with E-state index in [-0.39, 0.29) is 35.3 Å². The number of benzene rings is 2. The van der Waals surface area contributed by atoms with Crippen LogP contribution < -0.4 is 9.46 Å². The van der Waals surface area contributed by atoms with Crippen LogP contribution in [0, 0.1) is 13.8 Å². The fraction of sp³-hybridized carbons (Fsp3) is 0.320. The average molecular weight is 494 g/mol. The Morgan fingerprint density at radius 1 is 1.03 bits per heavy atom. The highest BCUT2D eigenvalue weighted by atomic mass is 32.2. The van der Waals surface area contributed by atoms with Crippen molar-refractivity contribution in [3.8, 4) is 17.1 Å². The number of piperazine rings is 1. The quantitative estimate of drug-likeness (QED) is 0.556. The van der Waals surface area contributed by atoms with Gasteiger partial charge < -0.3 is 9.64 Å². The lowest BCUT2D eigenvalue weighted by Gasteiger charge is -2.39. The van der Waals surface area contributed by atoms with Crippen molar-refractivity contribution in [2.45, 2.75) is 24.8 Å². The van der Waals surface area contributed by atoms with Gasteiger partial charge >= 0.3 is 0 Å². The molecule has 5 rings (SSSR count). The van der Waals surface area contributed by atoms with Gasteiger partial charge in [-0.25, -0.2) is 18.1 Å². The van der Waals surface area contributed by atoms with Crippen molar-refractivity contribution < 1.29 is 17.9 Å². The van der Waals surface area contributed by atoms with Crippen molar-refractivity contribution in [2.24, 2.45) is 0 Å². The number of likely N-dealkylation sites (N-methyl/N-ethyl adjacent to an activating group) is 1. The van der Waals surface area contributed by atoms with E-state index >= 15 is 0 Å². The molecule has 1 aromatic heterocycles. The summed E-state index contributed by atoms with van der Waals surface area (Å²) in [6, 6.07) is 13.7. The number of nitrogens with zero attached hydrogens (tertiary/aromatic N) is 4. The predicted octanol–water partition coefficient (Wildman–Crippen LogP) is 2.71. The Labute approximate surface area is 204 Å². The van der Waals surface area contributed by atoms with E-state index in [1.54, 1.807) is 23.1 Å². The number of amides is 1. The zero-order chi connectivity index (χ0) is 24.7. The van der Waals surface area contributed by atoms with Crippen LogP contribution in [0.25, 0.3) is 11.3 Å². The van der Waals surface area contributed by atoms with E-state index in [0.717, 1.165) is 16.7 Å². The lowest BCUT2D eigenvalue weighted by atomic mass is 10.00. The SMILES string of the molecule is Cc1cccc(C)c1-c1cc2nc(n1)NS(=O)(=O)c1cccc(c1)C(=O)N1CCN(C)C(CO2)C1. The van der Waals surface area contributed by atoms with Crippen LogP contribution in [0.4, 0.5) is 5.95 Å². The Kier molecular flexibility index (Phi) is 5.94. The van der Waals surface area contributed by atoms with E-state index in [4.69, 9.17) is 4.74 Å². The Morgan fingerprint density at radius 2 is 1.77 bits per heavy atom. The molecule has 182 valence electrons. The second-order valence-corrected chi connectivity index (χ2v) is 10.7. The van der Waals surface area contributed by atoms with Crippen molar-refractivity contribution in [1.29, 1.82) is 0 Å². The molecule has 2 aromatic carbocycles. The zero-order valence-electron chi connectivity index (χ0n) is 19.9. The Morgan fingerprint density at radius 3 is 2.54 bits per heavy atom. The summed E-state index contributed by atoms with van der Waals surface area (Å²) in [5.74, 6) is -0.0325. The highest BCUT2D eigenvalue weighted by Crippen LogP contribution is 2.30. The number of anilines is 1. The number of nitrogens with one attached hydrogen (secondary N) is 1. The van der Waals surface area contributed by atoms with Gasteiger partial charge in [-0.2, -0.15) is 4.98 Å². The largest absolute Gasteiger partial charge is 0.476 e. The number of rotatable bonds is 1. The molecular weight excluding hydrogens is 466 g/mol. The molecule has 2 aliphatic heterocycles. The summed E-state index contributed by atoms with van der Waals surface area (Å²) in [6.07, 6.45) is 0. The predicted molar refractivity (Wildman–Crippen MR) is 132 cm³/mol. The molecule has 1 amide bonds. The molecule has 10 heteroatoms. The third kappa shape index (κ3) is 4.59. The second-order valence-electron chi connectivity index (χ2n) is 9.01. The van der Waals surface area contributed by atoms with Crippen molar-refractivity contribution in [1.82, 2.24) is 19.8 Å². The third-order valence-electron chi connectivity index (χ3n) is 6.54. The number of sulfonamides is 1. The van der Waals surface area contributed by atoms with Crippen LogP contribution >= 0.6 is 0 Å². The molecule has 1 N–H and O–H groups in total. The van der Waals surface area contributed by atoms with Crippen LogP contribution in [0.2, 0.25) is 0 Å². The first kappa shape index (κ1) is 23.3. The maximum atomic E-state index is 13.2. The number of carbonyl (C=O) groups excluding carboxylic acids is 1. The number of fused-ring (bicyclic) bond motifs is 6. The normalized spacial score (nSPS) is 19.9. The van der Waals surface area contributed by atoms with Crippen LogP contribution in [0.15, 0.2) is 53.4 Å². The molecule has 3 heterocycles. The minimum atomic E-state index is -4.05. The van der Waals surface area contributed by atoms with Gasteiger partial charge in [0.1, 0.15) is 6.61 Å². The minimum Gasteiger partial charge on any atom is -0.476 e. The fourth-order valence-electron chi connectivity index (χ4n) is 4.54. The van der Waals surface area contributed by atoms with Crippen molar-refractivity contribution >= 4 is 21.9 Å². The maximum Gasteiger partial charge on any atom is 0.264 e. The molecule has 35 heavy (non-hydrogen) atoms. The number of hydrogen-bond acceptors (Lipinski definition) is 7. The molecule has 0 aliphatic carbocycles. The molecule has 1 atom stereocenters. The van der Waals surface area contributed by atoms with Crippen LogP contribution in [-0.4, -0.2) is 73.4 Å². The molecule has 2 aliphatic rings. The average Bonchev–Trinajstić information content (AvgIpc) is 2.82. The maximum absolute atomic E-state index is 13.2. The zero-order valence-corrected chi connectivity index (χ0v) is 20.7. The van der Waals surface area contributed by atoms with Gasteiger partial charge in [0, 0.05) is 36.8 Å². The molecule has 1 saturated heterocycles. The van der Waals surface area contributed by atoms with Crippen LogP contribution in [0.5, 0.6) is 5.88 Å². The van der Waals surface area contributed by atoms with Crippen LogP contribution in [-0.2, 0) is 10.0 Å². The van der Waals surface area contributed by atoms with Crippen LogP contribution in [0.1, 0.15) is 21.5 Å². The highest BCUT2D eigenvalue weighted by Gasteiger charge is 2.30. The van der Waals surface area contributed by atoms with Gasteiger partial charge in [0.15, 0.2) is 0 Å². The fourth-order valence-corrected chi connectivity index (χ4v) is 5.53. The summed E-state index contributed by atoms with van der Waals surface area (Å²) in [5, 5.41) is 0. The van der Waals surface area contributed by atoms with Gasteiger partial charge in [-0.3, -0.25) is 9.69 Å². The molecule has 0 saturated carbocycles. The first-order valence-corrected chi connectivity index (χ1v) is 12.9. The Hall–Kier alpha value is -3.50. The molecule has 0 radical (unpaired) electrons. The van der Waals surface area contributed by atoms with Crippen LogP contribution in [0.3, 0.4) is 0 Å². The first-order chi connectivity index (χ1) is 16.7. The minimum absolute atomic E-state index is 0.0327. The summed E-state index contributed by atoms with van der Waals surface area (Å²) >= 11 is 0. The topological polar surface area (TPSA) is 105 Å². The van der Waals surface area contributed by atoms with Gasteiger partial charge in [-0.15, -0.1) is 0 Å². The third-order valence-corrected chi connectivity index (χ3v) is 7.87. The molecule has 3 aromatic rings. The van der Waals surface area contributed by atoms with Gasteiger partial charge in [-0.05, 0) is 50.2 Å². The van der Waals surface area contributed by atoms with Crippen molar-refractivity contribution in [3.05, 3.63) is 65.2 Å². The van der Waals surface area contributed by atoms with E-state index in [1.165, 1.54) is 12.1 Å². The number of aromatic nitrogens is 2. The lowest BCUT2D eigenvalue weighted by Crippen LogP contribution is -2.55. The number of aryl methyl sites for hydroxylation is 2. The molecule has 1 fully saturated rings. The monoisotopic (exact) mass is 493 g/mol. The number of ether oxygens (including phenoxy) is 1. The summed E-state index contributed by atoms with van der Waals surface area (Å²) in [7, 11) is -2.05. The van der Waals surface area contributed by atoms with E-state index in [0.29, 0.717) is 30.9 Å². The molecule has 1 unspecified atom stereocenters. The lowest BCUT2D eigenvalue weighted by molar-refractivity contribution is 0.0445. The highest BCUT2D eigenvalue weighted by molar-refractivity contribution is 7.92. The standard InChI is InChI=1S/C25H27N5O4S/c1-16-6-4-7-17(2)23(16)21-13-22-27-25(26-21)28-35(32,33)20-9-5-8-18(12-20)24(31)30-11-10-29(3)19(14-30)15-34-22/h4-9,12-13,19H,10-11,14-15H2,1-3H3,(H,26,27,28). The molecule has 6 bridgehead atoms. The summed E-state index contributed by atoms with van der Waals surface area (Å²) < 4.78 is 35.0. The van der Waals surface area contributed by atoms with E-state index in [2.05, 4.69) is 19.6 Å². The first-order valence-electron chi connectivity index (χ1n) is 11.4. The summed E-state index contributed by atoms with van der Waals surface area (Å²) in [5.41, 5.74) is 3.80. The van der Waals surface area contributed by atoms with Crippen molar-refractivity contribution in [3.63, 3.8) is 0 Å². The molecular formula is C25H27N5O4S. The Bertz CT molecular complexity index is 1390. The van der Waals surface area contributed by atoms with Crippen molar-refractivity contribution in [2.75, 3.05) is 38.0 Å². The number of hydrogen-bond donors (Lipinski definition) is 1. The van der Waals surface area contributed by atoms with E-state index < -0.39 is 10.0 Å². The van der Waals surface area contributed by atoms with E-state index in [1.807, 2.05) is 39.1 Å².